The van der Waals surface area contributed by atoms with E-state index in [4.69, 9.17) is 9.84 Å². The highest BCUT2D eigenvalue weighted by Crippen LogP contribution is 2.37. The van der Waals surface area contributed by atoms with E-state index in [1.54, 1.807) is 39.8 Å². The maximum atomic E-state index is 12.6. The van der Waals surface area contributed by atoms with Crippen molar-refractivity contribution in [2.24, 2.45) is 10.8 Å². The van der Waals surface area contributed by atoms with Gasteiger partial charge in [0.25, 0.3) is 0 Å². The fourth-order valence-electron chi connectivity index (χ4n) is 4.32. The molecule has 6 N–H and O–H groups in total. The Hall–Kier alpha value is -5.00. The molecule has 0 aliphatic carbocycles. The second kappa shape index (κ2) is 21.8. The van der Waals surface area contributed by atoms with Crippen LogP contribution in [0.3, 0.4) is 0 Å². The number of phenolic OH excluding ortho intramolecular Hbond substituents is 4. The summed E-state index contributed by atoms with van der Waals surface area (Å²) < 4.78 is 9.10. The molecule has 0 fully saturated rings. The summed E-state index contributed by atoms with van der Waals surface area (Å²) in [5.74, 6) is -1.62. The lowest BCUT2D eigenvalue weighted by Crippen LogP contribution is -2.44. The van der Waals surface area contributed by atoms with Gasteiger partial charge in [-0.2, -0.15) is 0 Å². The second-order valence-corrected chi connectivity index (χ2v) is 12.2. The molecule has 0 radical (unpaired) electrons. The molecule has 0 aliphatic rings. The smallest absolute Gasteiger partial charge is 0.332 e. The first kappa shape index (κ1) is 46.1. The average molecular weight is 689 g/mol. The zero-order valence-corrected chi connectivity index (χ0v) is 29.4. The second-order valence-electron chi connectivity index (χ2n) is 12.2. The quantitative estimate of drug-likeness (QED) is 0.0894. The monoisotopic (exact) mass is 688 g/mol. The number of aromatic hydroxyl groups is 4. The number of hydrogen-bond donors (Lipinski definition) is 6. The molecule has 2 aromatic rings. The molecule has 12 heteroatoms. The minimum Gasteiger partial charge on any atom is -0.504 e. The van der Waals surface area contributed by atoms with Crippen molar-refractivity contribution in [1.82, 2.24) is 10.6 Å². The lowest BCUT2D eigenvalue weighted by molar-refractivity contribution is -0.153. The van der Waals surface area contributed by atoms with Crippen molar-refractivity contribution in [2.75, 3.05) is 27.3 Å². The summed E-state index contributed by atoms with van der Waals surface area (Å²) in [4.78, 5) is 45.9. The summed E-state index contributed by atoms with van der Waals surface area (Å²) in [6.07, 6.45) is 2.10. The van der Waals surface area contributed by atoms with Crippen molar-refractivity contribution in [2.45, 2.75) is 74.7 Å². The highest BCUT2D eigenvalue weighted by atomic mass is 16.5. The summed E-state index contributed by atoms with van der Waals surface area (Å²) in [7, 11) is 2.68. The third-order valence-electron chi connectivity index (χ3n) is 7.30. The number of amides is 2. The number of hydrogen-bond acceptors (Lipinski definition) is 10. The maximum absolute atomic E-state index is 12.6. The van der Waals surface area contributed by atoms with E-state index in [9.17, 15) is 34.5 Å². The van der Waals surface area contributed by atoms with Crippen LogP contribution in [0, 0.1) is 10.8 Å². The molecular formula is C37H56N2O10. The van der Waals surface area contributed by atoms with E-state index in [1.165, 1.54) is 38.5 Å². The summed E-state index contributed by atoms with van der Waals surface area (Å²) >= 11 is 0. The molecule has 2 aromatic carbocycles. The summed E-state index contributed by atoms with van der Waals surface area (Å²) in [5.41, 5.74) is 1.12. The molecule has 0 bridgehead atoms. The van der Waals surface area contributed by atoms with Crippen molar-refractivity contribution in [3.8, 4) is 23.0 Å². The van der Waals surface area contributed by atoms with Gasteiger partial charge in [0, 0.05) is 29.7 Å². The Morgan fingerprint density at radius 1 is 0.735 bits per heavy atom. The first-order valence-corrected chi connectivity index (χ1v) is 15.3. The van der Waals surface area contributed by atoms with E-state index >= 15 is 0 Å². The Kier molecular flexibility index (Phi) is 20.5. The van der Waals surface area contributed by atoms with Gasteiger partial charge >= 0.3 is 11.9 Å². The number of esters is 2. The molecule has 2 rings (SSSR count). The topological polar surface area (TPSA) is 192 Å². The minimum atomic E-state index is -0.750. The van der Waals surface area contributed by atoms with Crippen LogP contribution in [-0.4, -0.2) is 71.5 Å². The first-order valence-electron chi connectivity index (χ1n) is 15.3. The Bertz CT molecular complexity index is 1430. The van der Waals surface area contributed by atoms with Gasteiger partial charge in [-0.05, 0) is 88.8 Å². The molecule has 49 heavy (non-hydrogen) atoms. The molecular weight excluding hydrogens is 632 g/mol. The lowest BCUT2D eigenvalue weighted by Gasteiger charge is -2.34. The largest absolute Gasteiger partial charge is 0.504 e. The van der Waals surface area contributed by atoms with Crippen molar-refractivity contribution < 1.29 is 49.1 Å². The standard InChI is InChI=1S/C19H29NO5.C12H15NO3.C5H8O2.CH4/c1-6-19(4,12-18(2,3)17(24)25-5)16(23)20-10-9-13-7-8-14(21)15(22)11-13;1-8(2)12(16)13-6-5-9-3-4-10(14)11(15)7-9;1-4(2)5(6)7-3;/h7-8,11,21-22H,6,9-10,12H2,1-5H3,(H,20,23);3-4,7,14-15H,1,5-6H2,2H3,(H,13,16);1H2,2-3H3;1H4. The zero-order chi connectivity index (χ0) is 37.2. The van der Waals surface area contributed by atoms with Crippen LogP contribution in [0.4, 0.5) is 0 Å². The number of phenols is 4. The third kappa shape index (κ3) is 16.6. The molecule has 274 valence electrons. The predicted octanol–water partition coefficient (Wildman–Crippen LogP) is 5.47. The van der Waals surface area contributed by atoms with E-state index in [-0.39, 0.29) is 54.2 Å². The van der Waals surface area contributed by atoms with Gasteiger partial charge in [-0.25, -0.2) is 4.79 Å². The van der Waals surface area contributed by atoms with Crippen molar-refractivity contribution in [3.63, 3.8) is 0 Å². The van der Waals surface area contributed by atoms with Gasteiger partial charge in [0.05, 0.1) is 19.6 Å². The number of carbonyl (C=O) groups is 4. The normalized spacial score (nSPS) is 11.3. The van der Waals surface area contributed by atoms with Crippen molar-refractivity contribution >= 4 is 23.8 Å². The summed E-state index contributed by atoms with van der Waals surface area (Å²) in [5, 5.41) is 42.7. The van der Waals surface area contributed by atoms with Crippen LogP contribution < -0.4 is 10.6 Å². The molecule has 0 saturated carbocycles. The van der Waals surface area contributed by atoms with E-state index in [0.717, 1.165) is 11.1 Å². The third-order valence-corrected chi connectivity index (χ3v) is 7.30. The van der Waals surface area contributed by atoms with E-state index < -0.39 is 10.8 Å². The lowest BCUT2D eigenvalue weighted by atomic mass is 9.72. The SMILES string of the molecule is C.C=C(C)C(=O)NCCc1ccc(O)c(O)c1.C=C(C)C(=O)OC.CCC(C)(CC(C)(C)C(=O)OC)C(=O)NCCc1ccc(O)c(O)c1. The highest BCUT2D eigenvalue weighted by Gasteiger charge is 2.41. The highest BCUT2D eigenvalue weighted by molar-refractivity contribution is 5.92. The van der Waals surface area contributed by atoms with Gasteiger partial charge in [0.1, 0.15) is 0 Å². The maximum Gasteiger partial charge on any atom is 0.332 e. The number of carbonyl (C=O) groups excluding carboxylic acids is 4. The van der Waals surface area contributed by atoms with Gasteiger partial charge in [0.15, 0.2) is 23.0 Å². The van der Waals surface area contributed by atoms with Crippen LogP contribution in [0.25, 0.3) is 0 Å². The fourth-order valence-corrected chi connectivity index (χ4v) is 4.32. The molecule has 0 spiro atoms. The molecule has 1 unspecified atom stereocenters. The van der Waals surface area contributed by atoms with Gasteiger partial charge in [-0.3, -0.25) is 14.4 Å². The number of ether oxygens (including phenoxy) is 2. The molecule has 2 amide bonds. The summed E-state index contributed by atoms with van der Waals surface area (Å²) in [6, 6.07) is 9.18. The Morgan fingerprint density at radius 2 is 1.18 bits per heavy atom. The Balaban J connectivity index is 0. The molecule has 0 aliphatic heterocycles. The zero-order valence-electron chi connectivity index (χ0n) is 29.4. The van der Waals surface area contributed by atoms with Gasteiger partial charge in [0.2, 0.25) is 11.8 Å². The van der Waals surface area contributed by atoms with Crippen LogP contribution in [0.1, 0.15) is 72.9 Å². The van der Waals surface area contributed by atoms with Crippen LogP contribution in [0.15, 0.2) is 60.7 Å². The molecule has 1 atom stereocenters. The van der Waals surface area contributed by atoms with Crippen LogP contribution >= 0.6 is 0 Å². The number of nitrogens with one attached hydrogen (secondary N) is 2. The average Bonchev–Trinajstić information content (AvgIpc) is 3.03. The van der Waals surface area contributed by atoms with E-state index in [1.807, 2.05) is 13.8 Å². The molecule has 0 aromatic heterocycles. The van der Waals surface area contributed by atoms with Crippen molar-refractivity contribution in [1.29, 1.82) is 0 Å². The number of rotatable bonds is 13. The summed E-state index contributed by atoms with van der Waals surface area (Å²) in [6.45, 7) is 18.3. The van der Waals surface area contributed by atoms with Crippen LogP contribution in [-0.2, 0) is 41.5 Å². The predicted molar refractivity (Wildman–Crippen MR) is 190 cm³/mol. The van der Waals surface area contributed by atoms with E-state index in [2.05, 4.69) is 28.5 Å². The Labute approximate surface area is 290 Å². The Morgan fingerprint density at radius 3 is 1.51 bits per heavy atom. The van der Waals surface area contributed by atoms with Gasteiger partial charge in [-0.15, -0.1) is 0 Å². The van der Waals surface area contributed by atoms with Gasteiger partial charge in [-0.1, -0.05) is 46.6 Å². The van der Waals surface area contributed by atoms with Crippen LogP contribution in [0.2, 0.25) is 0 Å². The minimum absolute atomic E-state index is 0. The van der Waals surface area contributed by atoms with Crippen LogP contribution in [0.5, 0.6) is 23.0 Å². The number of methoxy groups -OCH3 is 2. The molecule has 12 nitrogen and oxygen atoms in total. The fraction of sp³-hybridized carbons (Fsp3) is 0.459. The number of benzene rings is 2. The van der Waals surface area contributed by atoms with Gasteiger partial charge < -0.3 is 40.5 Å². The van der Waals surface area contributed by atoms with E-state index in [0.29, 0.717) is 49.9 Å². The molecule has 0 heterocycles. The van der Waals surface area contributed by atoms with Crippen molar-refractivity contribution in [3.05, 3.63) is 71.8 Å². The molecule has 0 saturated heterocycles. The first-order chi connectivity index (χ1) is 22.2.